The average Bonchev–Trinajstić information content (AvgIpc) is 2.43. The van der Waals surface area contributed by atoms with Gasteiger partial charge in [-0.25, -0.2) is 0 Å². The van der Waals surface area contributed by atoms with E-state index in [4.69, 9.17) is 5.73 Å². The van der Waals surface area contributed by atoms with Crippen LogP contribution < -0.4 is 16.4 Å². The lowest BCUT2D eigenvalue weighted by Gasteiger charge is -2.21. The lowest BCUT2D eigenvalue weighted by atomic mass is 9.88. The van der Waals surface area contributed by atoms with E-state index in [0.717, 1.165) is 0 Å². The highest BCUT2D eigenvalue weighted by Gasteiger charge is 2.31. The molecule has 0 bridgehead atoms. The Bertz CT molecular complexity index is 380. The zero-order valence-electron chi connectivity index (χ0n) is 13.2. The van der Waals surface area contributed by atoms with Crippen LogP contribution in [-0.2, 0) is 23.9 Å². The predicted octanol–water partition coefficient (Wildman–Crippen LogP) is -0.680. The number of esters is 1. The molecule has 0 fully saturated rings. The molecule has 0 aliphatic heterocycles. The van der Waals surface area contributed by atoms with Crippen LogP contribution in [0.3, 0.4) is 0 Å². The molecular weight excluding hydrogens is 278 g/mol. The number of carbonyl (C=O) groups excluding carboxylic acids is 4. The summed E-state index contributed by atoms with van der Waals surface area (Å²) >= 11 is 0. The van der Waals surface area contributed by atoms with Crippen LogP contribution >= 0.6 is 0 Å². The maximum atomic E-state index is 11.8. The molecule has 0 saturated carbocycles. The van der Waals surface area contributed by atoms with Crippen LogP contribution in [0, 0.1) is 5.41 Å². The van der Waals surface area contributed by atoms with Gasteiger partial charge in [0.15, 0.2) is 0 Å². The standard InChI is InChI=1S/C11H19N3O5.C2H6/c1-11(2,4-9(17)19-3)10(18)14-6-8(16)13-5-7(12)15;1-2/h4-6H2,1-3H3,(H2,12,15)(H,13,16)(H,14,18);1-2H3. The van der Waals surface area contributed by atoms with Gasteiger partial charge in [0.1, 0.15) is 0 Å². The van der Waals surface area contributed by atoms with Gasteiger partial charge in [-0.2, -0.15) is 0 Å². The topological polar surface area (TPSA) is 128 Å². The molecule has 21 heavy (non-hydrogen) atoms. The van der Waals surface area contributed by atoms with Gasteiger partial charge in [-0.1, -0.05) is 27.7 Å². The van der Waals surface area contributed by atoms with E-state index in [0.29, 0.717) is 0 Å². The van der Waals surface area contributed by atoms with E-state index < -0.39 is 29.1 Å². The Hall–Kier alpha value is -2.12. The van der Waals surface area contributed by atoms with Crippen molar-refractivity contribution in [3.05, 3.63) is 0 Å². The Balaban J connectivity index is 0. The van der Waals surface area contributed by atoms with E-state index in [9.17, 15) is 19.2 Å². The van der Waals surface area contributed by atoms with Crippen molar-refractivity contribution in [1.82, 2.24) is 10.6 Å². The molecule has 0 spiro atoms. The van der Waals surface area contributed by atoms with Crippen molar-refractivity contribution < 1.29 is 23.9 Å². The summed E-state index contributed by atoms with van der Waals surface area (Å²) in [5.74, 6) is -2.20. The highest BCUT2D eigenvalue weighted by molar-refractivity contribution is 5.91. The predicted molar refractivity (Wildman–Crippen MR) is 77.0 cm³/mol. The van der Waals surface area contributed by atoms with Crippen LogP contribution in [0.25, 0.3) is 0 Å². The van der Waals surface area contributed by atoms with Crippen molar-refractivity contribution in [2.45, 2.75) is 34.1 Å². The summed E-state index contributed by atoms with van der Waals surface area (Å²) in [7, 11) is 1.23. The van der Waals surface area contributed by atoms with Crippen molar-refractivity contribution in [3.63, 3.8) is 0 Å². The summed E-state index contributed by atoms with van der Waals surface area (Å²) in [5.41, 5.74) is 3.85. The first-order valence-electron chi connectivity index (χ1n) is 6.59. The van der Waals surface area contributed by atoms with Crippen molar-refractivity contribution >= 4 is 23.7 Å². The second-order valence-electron chi connectivity index (χ2n) is 4.56. The van der Waals surface area contributed by atoms with Crippen molar-refractivity contribution in [1.29, 1.82) is 0 Å². The summed E-state index contributed by atoms with van der Waals surface area (Å²) in [5, 5.41) is 4.59. The van der Waals surface area contributed by atoms with E-state index in [2.05, 4.69) is 15.4 Å². The van der Waals surface area contributed by atoms with Gasteiger partial charge in [0.25, 0.3) is 0 Å². The maximum Gasteiger partial charge on any atom is 0.306 e. The number of amides is 3. The molecule has 0 saturated heterocycles. The zero-order chi connectivity index (χ0) is 17.1. The van der Waals surface area contributed by atoms with Gasteiger partial charge in [0.05, 0.1) is 32.0 Å². The number of rotatable bonds is 7. The average molecular weight is 303 g/mol. The fourth-order valence-electron chi connectivity index (χ4n) is 1.16. The largest absolute Gasteiger partial charge is 0.469 e. The highest BCUT2D eigenvalue weighted by Crippen LogP contribution is 2.20. The molecule has 0 unspecified atom stereocenters. The molecular formula is C13H25N3O5. The number of carbonyl (C=O) groups is 4. The quantitative estimate of drug-likeness (QED) is 0.537. The molecule has 4 N–H and O–H groups in total. The third-order valence-electron chi connectivity index (χ3n) is 2.30. The van der Waals surface area contributed by atoms with Gasteiger partial charge >= 0.3 is 5.97 Å². The Labute approximate surface area is 124 Å². The number of nitrogens with one attached hydrogen (secondary N) is 2. The molecule has 0 aromatic carbocycles. The first-order chi connectivity index (χ1) is 9.69. The maximum absolute atomic E-state index is 11.8. The monoisotopic (exact) mass is 303 g/mol. The van der Waals surface area contributed by atoms with E-state index in [-0.39, 0.29) is 19.5 Å². The summed E-state index contributed by atoms with van der Waals surface area (Å²) < 4.78 is 4.48. The molecule has 0 aliphatic rings. The molecule has 0 aromatic rings. The molecule has 0 rings (SSSR count). The van der Waals surface area contributed by atoms with Gasteiger partial charge in [0.2, 0.25) is 17.7 Å². The zero-order valence-corrected chi connectivity index (χ0v) is 13.2. The number of primary amides is 1. The Morgan fingerprint density at radius 3 is 2.00 bits per heavy atom. The molecule has 122 valence electrons. The van der Waals surface area contributed by atoms with E-state index in [1.54, 1.807) is 13.8 Å². The lowest BCUT2D eigenvalue weighted by molar-refractivity contribution is -0.147. The molecule has 0 atom stereocenters. The van der Waals surface area contributed by atoms with Crippen molar-refractivity contribution in [2.24, 2.45) is 11.1 Å². The molecule has 8 heteroatoms. The fraction of sp³-hybridized carbons (Fsp3) is 0.692. The Morgan fingerprint density at radius 2 is 1.57 bits per heavy atom. The minimum Gasteiger partial charge on any atom is -0.469 e. The molecule has 0 radical (unpaired) electrons. The smallest absolute Gasteiger partial charge is 0.306 e. The normalized spacial score (nSPS) is 9.76. The minimum absolute atomic E-state index is 0.0990. The van der Waals surface area contributed by atoms with Crippen molar-refractivity contribution in [2.75, 3.05) is 20.2 Å². The van der Waals surface area contributed by atoms with Crippen LogP contribution in [0.2, 0.25) is 0 Å². The van der Waals surface area contributed by atoms with Crippen LogP contribution in [0.4, 0.5) is 0 Å². The number of nitrogens with two attached hydrogens (primary N) is 1. The fourth-order valence-corrected chi connectivity index (χ4v) is 1.16. The first kappa shape index (κ1) is 21.2. The Morgan fingerprint density at radius 1 is 1.05 bits per heavy atom. The lowest BCUT2D eigenvalue weighted by Crippen LogP contribution is -2.45. The van der Waals surface area contributed by atoms with Crippen LogP contribution in [0.15, 0.2) is 0 Å². The van der Waals surface area contributed by atoms with Gasteiger partial charge in [-0.3, -0.25) is 19.2 Å². The van der Waals surface area contributed by atoms with Crippen LogP contribution in [-0.4, -0.2) is 43.9 Å². The van der Waals surface area contributed by atoms with E-state index in [1.807, 2.05) is 13.8 Å². The summed E-state index contributed by atoms with van der Waals surface area (Å²) in [6.45, 7) is 6.53. The number of ether oxygens (including phenoxy) is 1. The first-order valence-corrected chi connectivity index (χ1v) is 6.59. The van der Waals surface area contributed by atoms with Gasteiger partial charge in [0, 0.05) is 0 Å². The third-order valence-corrected chi connectivity index (χ3v) is 2.30. The number of hydrogen-bond acceptors (Lipinski definition) is 5. The number of hydrogen-bond donors (Lipinski definition) is 3. The highest BCUT2D eigenvalue weighted by atomic mass is 16.5. The SMILES string of the molecule is CC.COC(=O)CC(C)(C)C(=O)NCC(=O)NCC(N)=O. The van der Waals surface area contributed by atoms with E-state index >= 15 is 0 Å². The van der Waals surface area contributed by atoms with Gasteiger partial charge < -0.3 is 21.1 Å². The van der Waals surface area contributed by atoms with Crippen LogP contribution in [0.5, 0.6) is 0 Å². The summed E-state index contributed by atoms with van der Waals surface area (Å²) in [6, 6.07) is 0. The summed E-state index contributed by atoms with van der Waals surface area (Å²) in [4.78, 5) is 44.5. The second-order valence-corrected chi connectivity index (χ2v) is 4.56. The molecule has 0 aromatic heterocycles. The summed E-state index contributed by atoms with van der Waals surface area (Å²) in [6.07, 6.45) is -0.0990. The number of methoxy groups -OCH3 is 1. The van der Waals surface area contributed by atoms with E-state index in [1.165, 1.54) is 7.11 Å². The molecule has 3 amide bonds. The third kappa shape index (κ3) is 10.3. The van der Waals surface area contributed by atoms with Gasteiger partial charge in [-0.15, -0.1) is 0 Å². The second kappa shape index (κ2) is 10.6. The van der Waals surface area contributed by atoms with Crippen molar-refractivity contribution in [3.8, 4) is 0 Å². The van der Waals surface area contributed by atoms with Crippen LogP contribution in [0.1, 0.15) is 34.1 Å². The van der Waals surface area contributed by atoms with Gasteiger partial charge in [-0.05, 0) is 0 Å². The minimum atomic E-state index is -0.989. The molecule has 8 nitrogen and oxygen atoms in total. The molecule has 0 heterocycles. The Kier molecular flexibility index (Phi) is 10.7. The molecule has 0 aliphatic carbocycles.